The number of amides is 1. The zero-order valence-corrected chi connectivity index (χ0v) is 13.5. The van der Waals surface area contributed by atoms with Crippen molar-refractivity contribution in [2.75, 3.05) is 14.1 Å². The van der Waals surface area contributed by atoms with E-state index in [0.717, 1.165) is 13.1 Å². The molecule has 0 spiro atoms. The Hall–Kier alpha value is -2.14. The summed E-state index contributed by atoms with van der Waals surface area (Å²) in [5.41, 5.74) is 2.48. The summed E-state index contributed by atoms with van der Waals surface area (Å²) in [7, 11) is 3.72. The topological polar surface area (TPSA) is 50.2 Å². The number of nitrogens with zero attached hydrogens (tertiary/aromatic N) is 3. The van der Waals surface area contributed by atoms with Crippen LogP contribution in [0.15, 0.2) is 42.7 Å². The number of nitrogens with one attached hydrogen (secondary N) is 1. The summed E-state index contributed by atoms with van der Waals surface area (Å²) in [5, 5.41) is 6.91. The van der Waals surface area contributed by atoms with Gasteiger partial charge in [0.2, 0.25) is 5.91 Å². The molecule has 1 aromatic carbocycles. The lowest BCUT2D eigenvalue weighted by molar-refractivity contribution is -0.121. The van der Waals surface area contributed by atoms with E-state index in [1.54, 1.807) is 13.2 Å². The van der Waals surface area contributed by atoms with Crippen LogP contribution in [0.5, 0.6) is 0 Å². The summed E-state index contributed by atoms with van der Waals surface area (Å²) >= 11 is 0. The SMILES string of the molecule is CNC(=O)C[C@H](C)N(C)Cc1cccc(Cn2cccn2)c1. The van der Waals surface area contributed by atoms with Crippen LogP contribution in [-0.2, 0) is 17.9 Å². The van der Waals surface area contributed by atoms with E-state index in [0.29, 0.717) is 6.42 Å². The molecule has 0 fully saturated rings. The zero-order chi connectivity index (χ0) is 15.9. The molecule has 2 aromatic rings. The van der Waals surface area contributed by atoms with E-state index < -0.39 is 0 Å². The van der Waals surface area contributed by atoms with Gasteiger partial charge in [0.15, 0.2) is 0 Å². The summed E-state index contributed by atoms with van der Waals surface area (Å²) in [6.45, 7) is 3.67. The number of carbonyl (C=O) groups excluding carboxylic acids is 1. The van der Waals surface area contributed by atoms with Crippen molar-refractivity contribution in [1.82, 2.24) is 20.0 Å². The molecule has 0 saturated heterocycles. The molecule has 0 aliphatic rings. The number of hydrogen-bond donors (Lipinski definition) is 1. The van der Waals surface area contributed by atoms with Crippen molar-refractivity contribution in [3.05, 3.63) is 53.9 Å². The number of carbonyl (C=O) groups is 1. The van der Waals surface area contributed by atoms with E-state index in [-0.39, 0.29) is 11.9 Å². The summed E-state index contributed by atoms with van der Waals surface area (Å²) in [4.78, 5) is 13.7. The van der Waals surface area contributed by atoms with Gasteiger partial charge < -0.3 is 5.32 Å². The third-order valence-corrected chi connectivity index (χ3v) is 3.84. The van der Waals surface area contributed by atoms with Crippen LogP contribution in [0.25, 0.3) is 0 Å². The van der Waals surface area contributed by atoms with Crippen LogP contribution in [0.4, 0.5) is 0 Å². The maximum Gasteiger partial charge on any atom is 0.221 e. The van der Waals surface area contributed by atoms with Crippen molar-refractivity contribution < 1.29 is 4.79 Å². The van der Waals surface area contributed by atoms with Crippen molar-refractivity contribution in [3.63, 3.8) is 0 Å². The molecular formula is C17H24N4O. The third kappa shape index (κ3) is 4.70. The predicted molar refractivity (Wildman–Crippen MR) is 87.4 cm³/mol. The van der Waals surface area contributed by atoms with E-state index in [1.165, 1.54) is 11.1 Å². The molecule has 5 nitrogen and oxygen atoms in total. The standard InChI is InChI=1S/C17H24N4O/c1-14(10-17(22)18-2)20(3)12-15-6-4-7-16(11-15)13-21-9-5-8-19-21/h4-9,11,14H,10,12-13H2,1-3H3,(H,18,22)/t14-/m0/s1. The predicted octanol–water partition coefficient (Wildman–Crippen LogP) is 1.89. The van der Waals surface area contributed by atoms with Gasteiger partial charge in [0, 0.05) is 38.4 Å². The minimum absolute atomic E-state index is 0.0757. The van der Waals surface area contributed by atoms with Crippen LogP contribution in [-0.4, -0.2) is 40.7 Å². The molecule has 0 unspecified atom stereocenters. The smallest absolute Gasteiger partial charge is 0.221 e. The monoisotopic (exact) mass is 300 g/mol. The number of hydrogen-bond acceptors (Lipinski definition) is 3. The molecule has 0 bridgehead atoms. The molecule has 0 aliphatic carbocycles. The Kier molecular flexibility index (Phi) is 5.72. The van der Waals surface area contributed by atoms with E-state index in [1.807, 2.05) is 24.0 Å². The Labute approximate surface area is 131 Å². The number of benzene rings is 1. The zero-order valence-electron chi connectivity index (χ0n) is 13.5. The van der Waals surface area contributed by atoms with Crippen molar-refractivity contribution in [2.24, 2.45) is 0 Å². The fourth-order valence-electron chi connectivity index (χ4n) is 2.38. The first-order valence-electron chi connectivity index (χ1n) is 7.54. The molecule has 0 radical (unpaired) electrons. The normalized spacial score (nSPS) is 12.4. The Bertz CT molecular complexity index is 594. The average molecular weight is 300 g/mol. The highest BCUT2D eigenvalue weighted by Crippen LogP contribution is 2.12. The molecule has 118 valence electrons. The number of rotatable bonds is 7. The van der Waals surface area contributed by atoms with E-state index >= 15 is 0 Å². The van der Waals surface area contributed by atoms with E-state index in [9.17, 15) is 4.79 Å². The van der Waals surface area contributed by atoms with E-state index in [4.69, 9.17) is 0 Å². The van der Waals surface area contributed by atoms with Crippen LogP contribution in [0, 0.1) is 0 Å². The van der Waals surface area contributed by atoms with Crippen molar-refractivity contribution in [2.45, 2.75) is 32.5 Å². The van der Waals surface area contributed by atoms with Gasteiger partial charge in [-0.15, -0.1) is 0 Å². The van der Waals surface area contributed by atoms with E-state index in [2.05, 4.69) is 46.5 Å². The molecule has 2 rings (SSSR count). The van der Waals surface area contributed by atoms with Gasteiger partial charge in [0.1, 0.15) is 0 Å². The quantitative estimate of drug-likeness (QED) is 0.849. The third-order valence-electron chi connectivity index (χ3n) is 3.84. The molecule has 1 N–H and O–H groups in total. The van der Waals surface area contributed by atoms with Gasteiger partial charge in [-0.05, 0) is 31.2 Å². The van der Waals surface area contributed by atoms with Gasteiger partial charge in [-0.3, -0.25) is 14.4 Å². The maximum absolute atomic E-state index is 11.5. The molecule has 1 aromatic heterocycles. The fraction of sp³-hybridized carbons (Fsp3) is 0.412. The Morgan fingerprint density at radius 2 is 2.14 bits per heavy atom. The molecule has 0 saturated carbocycles. The Morgan fingerprint density at radius 1 is 1.36 bits per heavy atom. The van der Waals surface area contributed by atoms with Gasteiger partial charge >= 0.3 is 0 Å². The molecular weight excluding hydrogens is 276 g/mol. The van der Waals surface area contributed by atoms with Gasteiger partial charge in [0.25, 0.3) is 0 Å². The van der Waals surface area contributed by atoms with Crippen molar-refractivity contribution in [3.8, 4) is 0 Å². The minimum atomic E-state index is 0.0757. The molecule has 0 aliphatic heterocycles. The lowest BCUT2D eigenvalue weighted by atomic mass is 10.1. The Morgan fingerprint density at radius 3 is 2.82 bits per heavy atom. The van der Waals surface area contributed by atoms with Gasteiger partial charge in [0.05, 0.1) is 6.54 Å². The molecule has 1 amide bonds. The van der Waals surface area contributed by atoms with Gasteiger partial charge in [-0.2, -0.15) is 5.10 Å². The minimum Gasteiger partial charge on any atom is -0.359 e. The highest BCUT2D eigenvalue weighted by molar-refractivity contribution is 5.76. The van der Waals surface area contributed by atoms with Gasteiger partial charge in [-0.25, -0.2) is 0 Å². The highest BCUT2D eigenvalue weighted by Gasteiger charge is 2.13. The summed E-state index contributed by atoms with van der Waals surface area (Å²) in [6, 6.07) is 10.6. The lowest BCUT2D eigenvalue weighted by Crippen LogP contribution is -2.33. The average Bonchev–Trinajstić information content (AvgIpc) is 3.00. The van der Waals surface area contributed by atoms with Crippen LogP contribution >= 0.6 is 0 Å². The summed E-state index contributed by atoms with van der Waals surface area (Å²) in [6.07, 6.45) is 4.27. The highest BCUT2D eigenvalue weighted by atomic mass is 16.1. The van der Waals surface area contributed by atoms with Gasteiger partial charge in [-0.1, -0.05) is 24.3 Å². The second-order valence-electron chi connectivity index (χ2n) is 5.67. The van der Waals surface area contributed by atoms with Crippen molar-refractivity contribution in [1.29, 1.82) is 0 Å². The van der Waals surface area contributed by atoms with Crippen LogP contribution in [0.2, 0.25) is 0 Å². The second-order valence-corrected chi connectivity index (χ2v) is 5.67. The Balaban J connectivity index is 1.96. The van der Waals surface area contributed by atoms with Crippen LogP contribution in [0.3, 0.4) is 0 Å². The maximum atomic E-state index is 11.5. The fourth-order valence-corrected chi connectivity index (χ4v) is 2.38. The largest absolute Gasteiger partial charge is 0.359 e. The molecule has 22 heavy (non-hydrogen) atoms. The summed E-state index contributed by atoms with van der Waals surface area (Å²) in [5.74, 6) is 0.0757. The second kappa shape index (κ2) is 7.75. The molecule has 5 heteroatoms. The van der Waals surface area contributed by atoms with Crippen LogP contribution in [0.1, 0.15) is 24.5 Å². The summed E-state index contributed by atoms with van der Waals surface area (Å²) < 4.78 is 1.91. The molecule has 1 atom stereocenters. The number of aromatic nitrogens is 2. The first-order valence-corrected chi connectivity index (χ1v) is 7.54. The molecule has 1 heterocycles. The van der Waals surface area contributed by atoms with Crippen LogP contribution < -0.4 is 5.32 Å². The first-order chi connectivity index (χ1) is 10.6. The lowest BCUT2D eigenvalue weighted by Gasteiger charge is -2.24. The first kappa shape index (κ1) is 16.2. The van der Waals surface area contributed by atoms with Crippen molar-refractivity contribution >= 4 is 5.91 Å².